The Hall–Kier alpha value is -2.67. The van der Waals surface area contributed by atoms with Crippen molar-refractivity contribution in [3.8, 4) is 11.5 Å². The van der Waals surface area contributed by atoms with Crippen molar-refractivity contribution >= 4 is 28.7 Å². The molecule has 3 aromatic rings. The van der Waals surface area contributed by atoms with Gasteiger partial charge in [-0.3, -0.25) is 4.79 Å². The van der Waals surface area contributed by atoms with Crippen LogP contribution in [0.1, 0.15) is 5.82 Å². The van der Waals surface area contributed by atoms with E-state index in [1.54, 1.807) is 0 Å². The number of rotatable bonds is 5. The smallest absolute Gasteiger partial charge is 0.230 e. The number of nitrogens with one attached hydrogen (secondary N) is 1. The Labute approximate surface area is 155 Å². The van der Waals surface area contributed by atoms with E-state index in [0.717, 1.165) is 33.3 Å². The zero-order chi connectivity index (χ0) is 17.9. The van der Waals surface area contributed by atoms with Crippen LogP contribution in [0.3, 0.4) is 0 Å². The molecule has 0 radical (unpaired) electrons. The number of carbonyl (C=O) groups excluding carboxylic acids is 1. The summed E-state index contributed by atoms with van der Waals surface area (Å²) in [5, 5.41) is 2.93. The van der Waals surface area contributed by atoms with Crippen LogP contribution in [-0.2, 0) is 18.4 Å². The predicted molar refractivity (Wildman–Crippen MR) is 101 cm³/mol. The molecule has 7 heteroatoms. The molecule has 0 fully saturated rings. The summed E-state index contributed by atoms with van der Waals surface area (Å²) in [5.74, 6) is 2.64. The molecule has 1 aliphatic rings. The maximum absolute atomic E-state index is 12.2. The van der Waals surface area contributed by atoms with Gasteiger partial charge >= 0.3 is 0 Å². The zero-order valence-electron chi connectivity index (χ0n) is 14.4. The first-order valence-electron chi connectivity index (χ1n) is 8.40. The van der Waals surface area contributed by atoms with Crippen molar-refractivity contribution < 1.29 is 14.3 Å². The first kappa shape index (κ1) is 16.8. The molecule has 0 unspecified atom stereocenters. The van der Waals surface area contributed by atoms with Gasteiger partial charge in [0, 0.05) is 11.9 Å². The van der Waals surface area contributed by atoms with E-state index in [1.807, 2.05) is 54.1 Å². The molecule has 4 rings (SSSR count). The molecule has 1 aromatic heterocycles. The standard InChI is InChI=1S/C19H19N3O3S/c1-22-15-5-3-2-4-14(15)21-18(22)11-20-19(23)12-26-13-6-7-16-17(10-13)25-9-8-24-16/h2-7,10H,8-9,11-12H2,1H3,(H,20,23). The first-order chi connectivity index (χ1) is 12.7. The molecule has 1 aliphatic heterocycles. The van der Waals surface area contributed by atoms with E-state index >= 15 is 0 Å². The van der Waals surface area contributed by atoms with Gasteiger partial charge in [-0.1, -0.05) is 12.1 Å². The lowest BCUT2D eigenvalue weighted by Gasteiger charge is -2.18. The van der Waals surface area contributed by atoms with E-state index in [4.69, 9.17) is 9.47 Å². The number of hydrogen-bond donors (Lipinski definition) is 1. The number of carbonyl (C=O) groups is 1. The van der Waals surface area contributed by atoms with Crippen LogP contribution >= 0.6 is 11.8 Å². The van der Waals surface area contributed by atoms with E-state index in [9.17, 15) is 4.79 Å². The summed E-state index contributed by atoms with van der Waals surface area (Å²) in [6.45, 7) is 1.54. The van der Waals surface area contributed by atoms with Crippen molar-refractivity contribution in [3.05, 3.63) is 48.3 Å². The van der Waals surface area contributed by atoms with Crippen molar-refractivity contribution in [2.24, 2.45) is 7.05 Å². The molecule has 26 heavy (non-hydrogen) atoms. The van der Waals surface area contributed by atoms with Gasteiger partial charge in [-0.2, -0.15) is 0 Å². The van der Waals surface area contributed by atoms with Crippen LogP contribution < -0.4 is 14.8 Å². The Bertz CT molecular complexity index is 954. The highest BCUT2D eigenvalue weighted by atomic mass is 32.2. The SMILES string of the molecule is Cn1c(CNC(=O)CSc2ccc3c(c2)OCCO3)nc2ccccc21. The normalized spacial score (nSPS) is 13.0. The third-order valence-corrected chi connectivity index (χ3v) is 5.20. The highest BCUT2D eigenvalue weighted by Crippen LogP contribution is 2.34. The second-order valence-electron chi connectivity index (χ2n) is 5.95. The lowest BCUT2D eigenvalue weighted by Crippen LogP contribution is -2.26. The number of fused-ring (bicyclic) bond motifs is 2. The topological polar surface area (TPSA) is 65.4 Å². The molecule has 0 spiro atoms. The van der Waals surface area contributed by atoms with Gasteiger partial charge in [0.15, 0.2) is 11.5 Å². The molecule has 1 amide bonds. The van der Waals surface area contributed by atoms with Crippen molar-refractivity contribution in [2.75, 3.05) is 19.0 Å². The summed E-state index contributed by atoms with van der Waals surface area (Å²) in [6, 6.07) is 13.7. The lowest BCUT2D eigenvalue weighted by molar-refractivity contribution is -0.118. The number of amides is 1. The van der Waals surface area contributed by atoms with E-state index in [-0.39, 0.29) is 5.91 Å². The number of thioether (sulfide) groups is 1. The number of aryl methyl sites for hydroxylation is 1. The second kappa shape index (κ2) is 7.29. The fourth-order valence-corrected chi connectivity index (χ4v) is 3.60. The molecule has 2 heterocycles. The van der Waals surface area contributed by atoms with Crippen LogP contribution in [0.25, 0.3) is 11.0 Å². The van der Waals surface area contributed by atoms with E-state index in [0.29, 0.717) is 25.5 Å². The van der Waals surface area contributed by atoms with Crippen LogP contribution in [0.2, 0.25) is 0 Å². The van der Waals surface area contributed by atoms with Gasteiger partial charge in [0.2, 0.25) is 5.91 Å². The number of nitrogens with zero attached hydrogens (tertiary/aromatic N) is 2. The van der Waals surface area contributed by atoms with Gasteiger partial charge in [0.25, 0.3) is 0 Å². The highest BCUT2D eigenvalue weighted by Gasteiger charge is 2.13. The molecule has 134 valence electrons. The molecule has 0 atom stereocenters. The summed E-state index contributed by atoms with van der Waals surface area (Å²) < 4.78 is 13.1. The fraction of sp³-hybridized carbons (Fsp3) is 0.263. The van der Waals surface area contributed by atoms with Crippen molar-refractivity contribution in [1.29, 1.82) is 0 Å². The zero-order valence-corrected chi connectivity index (χ0v) is 15.2. The fourth-order valence-electron chi connectivity index (χ4n) is 2.84. The van der Waals surface area contributed by atoms with Crippen molar-refractivity contribution in [2.45, 2.75) is 11.4 Å². The minimum Gasteiger partial charge on any atom is -0.486 e. The van der Waals surface area contributed by atoms with Crippen molar-refractivity contribution in [3.63, 3.8) is 0 Å². The average molecular weight is 369 g/mol. The lowest BCUT2D eigenvalue weighted by atomic mass is 10.3. The number of hydrogen-bond acceptors (Lipinski definition) is 5. The summed E-state index contributed by atoms with van der Waals surface area (Å²) in [7, 11) is 1.96. The van der Waals surface area contributed by atoms with Gasteiger partial charge in [-0.15, -0.1) is 11.8 Å². The van der Waals surface area contributed by atoms with Gasteiger partial charge in [-0.25, -0.2) is 4.98 Å². The van der Waals surface area contributed by atoms with Gasteiger partial charge in [-0.05, 0) is 30.3 Å². The van der Waals surface area contributed by atoms with Gasteiger partial charge in [0.05, 0.1) is 23.3 Å². The van der Waals surface area contributed by atoms with Crippen LogP contribution in [0, 0.1) is 0 Å². The second-order valence-corrected chi connectivity index (χ2v) is 7.00. The molecule has 6 nitrogen and oxygen atoms in total. The molecule has 0 saturated heterocycles. The number of imidazole rings is 1. The minimum absolute atomic E-state index is 0.0306. The summed E-state index contributed by atoms with van der Waals surface area (Å²) in [6.07, 6.45) is 0. The molecule has 2 aromatic carbocycles. The molecular weight excluding hydrogens is 350 g/mol. The van der Waals surface area contributed by atoms with Crippen LogP contribution in [0.15, 0.2) is 47.4 Å². The largest absolute Gasteiger partial charge is 0.486 e. The maximum atomic E-state index is 12.2. The summed E-state index contributed by atoms with van der Waals surface area (Å²) in [4.78, 5) is 17.7. The Morgan fingerprint density at radius 2 is 2.00 bits per heavy atom. The Morgan fingerprint density at radius 3 is 2.85 bits per heavy atom. The van der Waals surface area contributed by atoms with Crippen LogP contribution in [-0.4, -0.2) is 34.4 Å². The number of para-hydroxylation sites is 2. The predicted octanol–water partition coefficient (Wildman–Crippen LogP) is 2.75. The third-order valence-electron chi connectivity index (χ3n) is 4.21. The Balaban J connectivity index is 1.33. The number of ether oxygens (including phenoxy) is 2. The number of benzene rings is 2. The van der Waals surface area contributed by atoms with Crippen LogP contribution in [0.4, 0.5) is 0 Å². The maximum Gasteiger partial charge on any atom is 0.230 e. The average Bonchev–Trinajstić information content (AvgIpc) is 3.00. The molecule has 0 saturated carbocycles. The third kappa shape index (κ3) is 3.48. The van der Waals surface area contributed by atoms with Gasteiger partial charge < -0.3 is 19.4 Å². The monoisotopic (exact) mass is 369 g/mol. The minimum atomic E-state index is -0.0306. The van der Waals surface area contributed by atoms with E-state index in [2.05, 4.69) is 10.3 Å². The highest BCUT2D eigenvalue weighted by molar-refractivity contribution is 8.00. The molecule has 0 aliphatic carbocycles. The molecular formula is C19H19N3O3S. The van der Waals surface area contributed by atoms with Crippen LogP contribution in [0.5, 0.6) is 11.5 Å². The van der Waals surface area contributed by atoms with E-state index in [1.165, 1.54) is 11.8 Å². The Kier molecular flexibility index (Phi) is 4.71. The quantitative estimate of drug-likeness (QED) is 0.701. The summed E-state index contributed by atoms with van der Waals surface area (Å²) >= 11 is 1.47. The molecule has 1 N–H and O–H groups in total. The Morgan fingerprint density at radius 1 is 1.19 bits per heavy atom. The summed E-state index contributed by atoms with van der Waals surface area (Å²) in [5.41, 5.74) is 1.99. The van der Waals surface area contributed by atoms with Crippen molar-refractivity contribution in [1.82, 2.24) is 14.9 Å². The van der Waals surface area contributed by atoms with Gasteiger partial charge in [0.1, 0.15) is 19.0 Å². The number of aromatic nitrogens is 2. The van der Waals surface area contributed by atoms with E-state index < -0.39 is 0 Å². The molecule has 0 bridgehead atoms. The first-order valence-corrected chi connectivity index (χ1v) is 9.39.